The summed E-state index contributed by atoms with van der Waals surface area (Å²) in [4.78, 5) is 12.4. The first-order valence-corrected chi connectivity index (χ1v) is 5.60. The molecule has 1 atom stereocenters. The summed E-state index contributed by atoms with van der Waals surface area (Å²) in [5, 5.41) is 3.28. The van der Waals surface area contributed by atoms with Gasteiger partial charge in [0, 0.05) is 0 Å². The molecule has 16 heavy (non-hydrogen) atoms. The lowest BCUT2D eigenvalue weighted by Crippen LogP contribution is -2.44. The molecule has 0 amide bonds. The summed E-state index contributed by atoms with van der Waals surface area (Å²) in [6, 6.07) is 7.39. The summed E-state index contributed by atoms with van der Waals surface area (Å²) in [6.07, 6.45) is 1.95. The Bertz CT molecular complexity index is 395. The van der Waals surface area contributed by atoms with Crippen LogP contribution in [0.5, 0.6) is 5.75 Å². The Kier molecular flexibility index (Phi) is 2.97. The number of rotatable bonds is 3. The van der Waals surface area contributed by atoms with Gasteiger partial charge in [0.2, 0.25) is 0 Å². The fourth-order valence-electron chi connectivity index (χ4n) is 2.22. The van der Waals surface area contributed by atoms with Crippen molar-refractivity contribution in [1.29, 1.82) is 0 Å². The summed E-state index contributed by atoms with van der Waals surface area (Å²) in [5.41, 5.74) is 0.246. The second kappa shape index (κ2) is 4.26. The van der Waals surface area contributed by atoms with E-state index < -0.39 is 5.54 Å². The largest absolute Gasteiger partial charge is 0.496 e. The smallest absolute Gasteiger partial charge is 0.186 e. The first kappa shape index (κ1) is 11.1. The van der Waals surface area contributed by atoms with E-state index in [-0.39, 0.29) is 5.78 Å². The zero-order valence-corrected chi connectivity index (χ0v) is 9.75. The van der Waals surface area contributed by atoms with Crippen molar-refractivity contribution in [3.8, 4) is 5.75 Å². The van der Waals surface area contributed by atoms with E-state index in [1.54, 1.807) is 7.11 Å². The third-order valence-corrected chi connectivity index (χ3v) is 3.22. The van der Waals surface area contributed by atoms with Crippen LogP contribution in [-0.2, 0) is 0 Å². The van der Waals surface area contributed by atoms with E-state index >= 15 is 0 Å². The molecule has 0 aliphatic carbocycles. The zero-order valence-electron chi connectivity index (χ0n) is 9.75. The fraction of sp³-hybridized carbons (Fsp3) is 0.462. The average Bonchev–Trinajstić information content (AvgIpc) is 2.76. The van der Waals surface area contributed by atoms with Crippen molar-refractivity contribution in [2.45, 2.75) is 25.3 Å². The van der Waals surface area contributed by atoms with Gasteiger partial charge in [-0.1, -0.05) is 12.1 Å². The third kappa shape index (κ3) is 1.83. The summed E-state index contributed by atoms with van der Waals surface area (Å²) in [7, 11) is 1.59. The number of para-hydroxylation sites is 1. The quantitative estimate of drug-likeness (QED) is 0.790. The molecule has 1 aromatic rings. The second-order valence-electron chi connectivity index (χ2n) is 4.39. The number of ketones is 1. The molecule has 3 nitrogen and oxygen atoms in total. The van der Waals surface area contributed by atoms with Gasteiger partial charge in [0.25, 0.3) is 0 Å². The van der Waals surface area contributed by atoms with E-state index in [0.29, 0.717) is 11.3 Å². The Morgan fingerprint density at radius 3 is 2.81 bits per heavy atom. The van der Waals surface area contributed by atoms with E-state index in [1.165, 1.54) is 0 Å². The molecule has 1 unspecified atom stereocenters. The van der Waals surface area contributed by atoms with Gasteiger partial charge in [-0.2, -0.15) is 0 Å². The molecular weight excluding hydrogens is 202 g/mol. The molecule has 1 fully saturated rings. The van der Waals surface area contributed by atoms with Gasteiger partial charge in [0.15, 0.2) is 5.78 Å². The maximum absolute atomic E-state index is 12.4. The number of hydrogen-bond donors (Lipinski definition) is 1. The highest BCUT2D eigenvalue weighted by molar-refractivity contribution is 6.05. The Hall–Kier alpha value is -1.35. The van der Waals surface area contributed by atoms with Gasteiger partial charge in [0.1, 0.15) is 5.75 Å². The van der Waals surface area contributed by atoms with Gasteiger partial charge in [0.05, 0.1) is 18.2 Å². The molecule has 1 aliphatic rings. The predicted octanol–water partition coefficient (Wildman–Crippen LogP) is 2.02. The van der Waals surface area contributed by atoms with Crippen molar-refractivity contribution < 1.29 is 9.53 Å². The van der Waals surface area contributed by atoms with Crippen molar-refractivity contribution >= 4 is 5.78 Å². The van der Waals surface area contributed by atoms with E-state index in [9.17, 15) is 4.79 Å². The van der Waals surface area contributed by atoms with Crippen LogP contribution in [0.4, 0.5) is 0 Å². The molecule has 1 saturated heterocycles. The first-order valence-electron chi connectivity index (χ1n) is 5.60. The third-order valence-electron chi connectivity index (χ3n) is 3.22. The number of carbonyl (C=O) groups excluding carboxylic acids is 1. The summed E-state index contributed by atoms with van der Waals surface area (Å²) in [5.74, 6) is 0.782. The monoisotopic (exact) mass is 219 g/mol. The number of carbonyl (C=O) groups is 1. The maximum atomic E-state index is 12.4. The Morgan fingerprint density at radius 2 is 2.19 bits per heavy atom. The van der Waals surface area contributed by atoms with Crippen LogP contribution < -0.4 is 10.1 Å². The van der Waals surface area contributed by atoms with Crippen molar-refractivity contribution in [2.75, 3.05) is 13.7 Å². The summed E-state index contributed by atoms with van der Waals surface area (Å²) in [6.45, 7) is 2.88. The zero-order chi connectivity index (χ0) is 11.6. The Labute approximate surface area is 95.8 Å². The Balaban J connectivity index is 2.33. The van der Waals surface area contributed by atoms with Gasteiger partial charge in [-0.3, -0.25) is 4.79 Å². The number of benzene rings is 1. The van der Waals surface area contributed by atoms with E-state index in [2.05, 4.69) is 5.32 Å². The minimum Gasteiger partial charge on any atom is -0.496 e. The van der Waals surface area contributed by atoms with Crippen LogP contribution in [0.3, 0.4) is 0 Å². The molecular formula is C13H17NO2. The van der Waals surface area contributed by atoms with Gasteiger partial charge in [-0.25, -0.2) is 0 Å². The topological polar surface area (TPSA) is 38.3 Å². The molecule has 3 heteroatoms. The van der Waals surface area contributed by atoms with Crippen LogP contribution in [-0.4, -0.2) is 25.0 Å². The van der Waals surface area contributed by atoms with Crippen LogP contribution in [0.15, 0.2) is 24.3 Å². The highest BCUT2D eigenvalue weighted by Gasteiger charge is 2.37. The van der Waals surface area contributed by atoms with Gasteiger partial charge >= 0.3 is 0 Å². The minimum atomic E-state index is -0.422. The van der Waals surface area contributed by atoms with E-state index in [4.69, 9.17) is 4.74 Å². The lowest BCUT2D eigenvalue weighted by atomic mass is 9.89. The fourth-order valence-corrected chi connectivity index (χ4v) is 2.22. The molecule has 1 N–H and O–H groups in total. The average molecular weight is 219 g/mol. The van der Waals surface area contributed by atoms with Crippen molar-refractivity contribution in [3.63, 3.8) is 0 Å². The van der Waals surface area contributed by atoms with Crippen LogP contribution in [0.25, 0.3) is 0 Å². The molecule has 0 bridgehead atoms. The summed E-state index contributed by atoms with van der Waals surface area (Å²) < 4.78 is 5.22. The Morgan fingerprint density at radius 1 is 1.44 bits per heavy atom. The summed E-state index contributed by atoms with van der Waals surface area (Å²) >= 11 is 0. The van der Waals surface area contributed by atoms with Crippen molar-refractivity contribution in [2.24, 2.45) is 0 Å². The molecule has 1 aromatic carbocycles. The highest BCUT2D eigenvalue weighted by atomic mass is 16.5. The van der Waals surface area contributed by atoms with Crippen LogP contribution in [0, 0.1) is 0 Å². The van der Waals surface area contributed by atoms with Gasteiger partial charge in [-0.15, -0.1) is 0 Å². The number of ether oxygens (including phenoxy) is 1. The van der Waals surface area contributed by atoms with Crippen molar-refractivity contribution in [1.82, 2.24) is 5.32 Å². The minimum absolute atomic E-state index is 0.127. The van der Waals surface area contributed by atoms with Gasteiger partial charge in [-0.05, 0) is 38.4 Å². The molecule has 0 aromatic heterocycles. The molecule has 0 saturated carbocycles. The number of Topliss-reactive ketones (excluding diaryl/α,β-unsaturated/α-hetero) is 1. The first-order chi connectivity index (χ1) is 7.67. The number of nitrogens with one attached hydrogen (secondary N) is 1. The van der Waals surface area contributed by atoms with Crippen LogP contribution in [0.2, 0.25) is 0 Å². The van der Waals surface area contributed by atoms with Crippen LogP contribution in [0.1, 0.15) is 30.1 Å². The molecule has 2 rings (SSSR count). The lowest BCUT2D eigenvalue weighted by molar-refractivity contribution is 0.0881. The molecule has 0 radical (unpaired) electrons. The molecule has 86 valence electrons. The van der Waals surface area contributed by atoms with Crippen molar-refractivity contribution in [3.05, 3.63) is 29.8 Å². The SMILES string of the molecule is COc1ccccc1C(=O)C1(C)CCCN1. The molecule has 1 heterocycles. The second-order valence-corrected chi connectivity index (χ2v) is 4.39. The lowest BCUT2D eigenvalue weighted by Gasteiger charge is -2.23. The van der Waals surface area contributed by atoms with Crippen LogP contribution >= 0.6 is 0 Å². The van der Waals surface area contributed by atoms with E-state index in [0.717, 1.165) is 19.4 Å². The molecule has 0 spiro atoms. The maximum Gasteiger partial charge on any atom is 0.186 e. The standard InChI is InChI=1S/C13H17NO2/c1-13(8-5-9-14-13)12(15)10-6-3-4-7-11(10)16-2/h3-4,6-7,14H,5,8-9H2,1-2H3. The number of hydrogen-bond acceptors (Lipinski definition) is 3. The molecule has 1 aliphatic heterocycles. The van der Waals surface area contributed by atoms with E-state index in [1.807, 2.05) is 31.2 Å². The number of methoxy groups -OCH3 is 1. The predicted molar refractivity (Wildman–Crippen MR) is 63.0 cm³/mol. The van der Waals surface area contributed by atoms with Gasteiger partial charge < -0.3 is 10.1 Å². The highest BCUT2D eigenvalue weighted by Crippen LogP contribution is 2.27. The normalized spacial score (nSPS) is 24.4.